The van der Waals surface area contributed by atoms with Crippen molar-refractivity contribution in [2.45, 2.75) is 50.6 Å². The number of piperidine rings is 1. The third-order valence-electron chi connectivity index (χ3n) is 5.04. The Hall–Kier alpha value is -1.75. The quantitative estimate of drug-likeness (QED) is 0.896. The van der Waals surface area contributed by atoms with Gasteiger partial charge in [-0.1, -0.05) is 18.2 Å². The molecule has 2 N–H and O–H groups in total. The molecule has 2 aliphatic heterocycles. The van der Waals surface area contributed by atoms with Gasteiger partial charge >= 0.3 is 6.03 Å². The van der Waals surface area contributed by atoms with Crippen LogP contribution in [0.1, 0.15) is 44.1 Å². The minimum Gasteiger partial charge on any atom is -0.493 e. The monoisotopic (exact) mass is 318 g/mol. The van der Waals surface area contributed by atoms with Gasteiger partial charge in [0, 0.05) is 36.7 Å². The summed E-state index contributed by atoms with van der Waals surface area (Å²) in [5, 5.41) is 12.4. The molecule has 0 spiro atoms. The molecule has 1 fully saturated rings. The lowest BCUT2D eigenvalue weighted by Crippen LogP contribution is -2.52. The van der Waals surface area contributed by atoms with Gasteiger partial charge in [0.05, 0.1) is 6.61 Å². The van der Waals surface area contributed by atoms with Crippen molar-refractivity contribution in [3.63, 3.8) is 0 Å². The number of urea groups is 1. The Kier molecular flexibility index (Phi) is 5.06. The molecule has 1 aromatic carbocycles. The van der Waals surface area contributed by atoms with Crippen LogP contribution in [-0.2, 0) is 0 Å². The Balaban J connectivity index is 1.63. The highest BCUT2D eigenvalue weighted by Gasteiger charge is 2.32. The zero-order valence-corrected chi connectivity index (χ0v) is 13.7. The molecule has 2 amide bonds. The molecule has 1 aromatic rings. The first-order chi connectivity index (χ1) is 11.2. The van der Waals surface area contributed by atoms with E-state index < -0.39 is 0 Å². The number of fused-ring (bicyclic) bond motifs is 1. The van der Waals surface area contributed by atoms with Crippen LogP contribution < -0.4 is 10.1 Å². The third kappa shape index (κ3) is 3.44. The summed E-state index contributed by atoms with van der Waals surface area (Å²) in [4.78, 5) is 14.6. The van der Waals surface area contributed by atoms with Gasteiger partial charge in [-0.25, -0.2) is 4.79 Å². The maximum atomic E-state index is 12.7. The molecule has 0 aliphatic carbocycles. The van der Waals surface area contributed by atoms with Crippen LogP contribution in [0.2, 0.25) is 0 Å². The first kappa shape index (κ1) is 16.1. The summed E-state index contributed by atoms with van der Waals surface area (Å²) in [6.45, 7) is 3.56. The zero-order chi connectivity index (χ0) is 16.2. The van der Waals surface area contributed by atoms with Crippen molar-refractivity contribution in [2.75, 3.05) is 19.8 Å². The minimum atomic E-state index is -0.0139. The molecule has 0 aromatic heterocycles. The Morgan fingerprint density at radius 1 is 1.43 bits per heavy atom. The van der Waals surface area contributed by atoms with Crippen LogP contribution in [0.15, 0.2) is 24.3 Å². The molecule has 5 heteroatoms. The average Bonchev–Trinajstić information content (AvgIpc) is 2.99. The summed E-state index contributed by atoms with van der Waals surface area (Å²) >= 11 is 0. The van der Waals surface area contributed by atoms with Crippen molar-refractivity contribution < 1.29 is 14.6 Å². The first-order valence-corrected chi connectivity index (χ1v) is 8.60. The summed E-state index contributed by atoms with van der Waals surface area (Å²) in [6.07, 6.45) is 3.82. The lowest BCUT2D eigenvalue weighted by atomic mass is 9.94. The summed E-state index contributed by atoms with van der Waals surface area (Å²) < 4.78 is 5.72. The van der Waals surface area contributed by atoms with Crippen molar-refractivity contribution in [3.05, 3.63) is 29.8 Å². The smallest absolute Gasteiger partial charge is 0.317 e. The molecule has 0 saturated carbocycles. The lowest BCUT2D eigenvalue weighted by molar-refractivity contribution is 0.128. The number of nitrogens with zero attached hydrogens (tertiary/aromatic N) is 1. The second-order valence-corrected chi connectivity index (χ2v) is 6.55. The van der Waals surface area contributed by atoms with Crippen molar-refractivity contribution in [1.82, 2.24) is 10.2 Å². The molecule has 1 saturated heterocycles. The Labute approximate surface area is 137 Å². The first-order valence-electron chi connectivity index (χ1n) is 8.60. The van der Waals surface area contributed by atoms with Gasteiger partial charge in [-0.2, -0.15) is 0 Å². The molecule has 126 valence electrons. The van der Waals surface area contributed by atoms with Gasteiger partial charge < -0.3 is 20.1 Å². The second kappa shape index (κ2) is 7.21. The zero-order valence-electron chi connectivity index (χ0n) is 13.7. The number of carbonyl (C=O) groups excluding carboxylic acids is 1. The average molecular weight is 318 g/mol. The predicted molar refractivity (Wildman–Crippen MR) is 88.7 cm³/mol. The maximum Gasteiger partial charge on any atom is 0.317 e. The van der Waals surface area contributed by atoms with E-state index in [0.29, 0.717) is 13.0 Å². The van der Waals surface area contributed by atoms with Gasteiger partial charge in [0.15, 0.2) is 0 Å². The van der Waals surface area contributed by atoms with Crippen molar-refractivity contribution in [3.8, 4) is 5.75 Å². The molecule has 2 aliphatic rings. The number of carbonyl (C=O) groups is 1. The van der Waals surface area contributed by atoms with E-state index in [0.717, 1.165) is 31.6 Å². The normalized spacial score (nSPS) is 24.7. The molecule has 5 nitrogen and oxygen atoms in total. The SMILES string of the molecule is CC(NC(=O)N1CCCCC1CCO)C1COc2ccccc21. The van der Waals surface area contributed by atoms with E-state index in [9.17, 15) is 9.90 Å². The fourth-order valence-corrected chi connectivity index (χ4v) is 3.70. The van der Waals surface area contributed by atoms with Crippen molar-refractivity contribution in [1.29, 1.82) is 0 Å². The number of rotatable bonds is 4. The fraction of sp³-hybridized carbons (Fsp3) is 0.611. The van der Waals surface area contributed by atoms with Crippen LogP contribution in [0, 0.1) is 0 Å². The summed E-state index contributed by atoms with van der Waals surface area (Å²) in [5.41, 5.74) is 1.17. The molecule has 3 unspecified atom stereocenters. The molecule has 23 heavy (non-hydrogen) atoms. The molecular formula is C18H26N2O3. The van der Waals surface area contributed by atoms with Gasteiger partial charge in [-0.05, 0) is 38.7 Å². The minimum absolute atomic E-state index is 0.0139. The molecule has 0 bridgehead atoms. The number of hydrogen-bond donors (Lipinski definition) is 2. The molecule has 3 rings (SSSR count). The summed E-state index contributed by atoms with van der Waals surface area (Å²) in [5.74, 6) is 1.12. The van der Waals surface area contributed by atoms with Crippen molar-refractivity contribution in [2.24, 2.45) is 0 Å². The largest absolute Gasteiger partial charge is 0.493 e. The van der Waals surface area contributed by atoms with Gasteiger partial charge in [0.25, 0.3) is 0 Å². The van der Waals surface area contributed by atoms with Gasteiger partial charge in [-0.15, -0.1) is 0 Å². The molecular weight excluding hydrogens is 292 g/mol. The highest BCUT2D eigenvalue weighted by molar-refractivity contribution is 5.75. The number of benzene rings is 1. The van der Waals surface area contributed by atoms with Gasteiger partial charge in [0.2, 0.25) is 0 Å². The van der Waals surface area contributed by atoms with E-state index in [-0.39, 0.29) is 30.6 Å². The Morgan fingerprint density at radius 2 is 2.26 bits per heavy atom. The molecule has 0 radical (unpaired) electrons. The van der Waals surface area contributed by atoms with Gasteiger partial charge in [-0.3, -0.25) is 0 Å². The van der Waals surface area contributed by atoms with Gasteiger partial charge in [0.1, 0.15) is 5.75 Å². The standard InChI is InChI=1S/C18H26N2O3/c1-13(16-12-23-17-8-3-2-7-15(16)17)19-18(22)20-10-5-4-6-14(20)9-11-21/h2-3,7-8,13-14,16,21H,4-6,9-12H2,1H3,(H,19,22). The lowest BCUT2D eigenvalue weighted by Gasteiger charge is -2.36. The van der Waals surface area contributed by atoms with Crippen LogP contribution >= 0.6 is 0 Å². The predicted octanol–water partition coefficient (Wildman–Crippen LogP) is 2.50. The number of ether oxygens (including phenoxy) is 1. The number of aliphatic hydroxyl groups excluding tert-OH is 1. The van der Waals surface area contributed by atoms with E-state index in [4.69, 9.17) is 4.74 Å². The van der Waals surface area contributed by atoms with Crippen LogP contribution in [0.3, 0.4) is 0 Å². The van der Waals surface area contributed by atoms with E-state index in [2.05, 4.69) is 11.4 Å². The Bertz CT molecular complexity index is 547. The second-order valence-electron chi connectivity index (χ2n) is 6.55. The topological polar surface area (TPSA) is 61.8 Å². The molecule has 3 atom stereocenters. The van der Waals surface area contributed by atoms with Crippen LogP contribution in [0.4, 0.5) is 4.79 Å². The fourth-order valence-electron chi connectivity index (χ4n) is 3.70. The number of aliphatic hydroxyl groups is 1. The van der Waals surface area contributed by atoms with E-state index in [1.54, 1.807) is 0 Å². The number of para-hydroxylation sites is 1. The Morgan fingerprint density at radius 3 is 3.09 bits per heavy atom. The summed E-state index contributed by atoms with van der Waals surface area (Å²) in [6, 6.07) is 8.20. The number of amides is 2. The molecule has 2 heterocycles. The van der Waals surface area contributed by atoms with E-state index in [1.807, 2.05) is 30.0 Å². The third-order valence-corrected chi connectivity index (χ3v) is 5.04. The number of hydrogen-bond acceptors (Lipinski definition) is 3. The van der Waals surface area contributed by atoms with Crippen LogP contribution in [-0.4, -0.2) is 47.9 Å². The number of nitrogens with one attached hydrogen (secondary N) is 1. The summed E-state index contributed by atoms with van der Waals surface area (Å²) in [7, 11) is 0. The van der Waals surface area contributed by atoms with E-state index >= 15 is 0 Å². The van der Waals surface area contributed by atoms with Crippen molar-refractivity contribution >= 4 is 6.03 Å². The maximum absolute atomic E-state index is 12.7. The highest BCUT2D eigenvalue weighted by Crippen LogP contribution is 2.35. The van der Waals surface area contributed by atoms with E-state index in [1.165, 1.54) is 5.56 Å². The number of likely N-dealkylation sites (tertiary alicyclic amines) is 1. The highest BCUT2D eigenvalue weighted by atomic mass is 16.5. The van der Waals surface area contributed by atoms with Crippen LogP contribution in [0.25, 0.3) is 0 Å². The van der Waals surface area contributed by atoms with Crippen LogP contribution in [0.5, 0.6) is 5.75 Å².